The van der Waals surface area contributed by atoms with Gasteiger partial charge in [0.2, 0.25) is 0 Å². The summed E-state index contributed by atoms with van der Waals surface area (Å²) in [5.74, 6) is 1.71. The van der Waals surface area contributed by atoms with Crippen LogP contribution in [-0.4, -0.2) is 86.5 Å². The molecule has 2 heterocycles. The van der Waals surface area contributed by atoms with E-state index in [4.69, 9.17) is 16.3 Å². The van der Waals surface area contributed by atoms with Gasteiger partial charge in [0.05, 0.1) is 6.61 Å². The highest BCUT2D eigenvalue weighted by atomic mass is 35.5. The molecule has 4 rings (SSSR count). The Labute approximate surface area is 216 Å². The van der Waals surface area contributed by atoms with Gasteiger partial charge in [-0.25, -0.2) is 0 Å². The lowest BCUT2D eigenvalue weighted by molar-refractivity contribution is 0.0987. The number of hydrogen-bond donors (Lipinski definition) is 0. The Hall–Kier alpha value is -1.92. The van der Waals surface area contributed by atoms with E-state index in [0.29, 0.717) is 16.1 Å². The topological polar surface area (TPSA) is 36.0 Å². The molecule has 0 unspecified atom stereocenters. The van der Waals surface area contributed by atoms with Crippen LogP contribution in [0.4, 0.5) is 0 Å². The van der Waals surface area contributed by atoms with E-state index in [1.54, 1.807) is 24.3 Å². The summed E-state index contributed by atoms with van der Waals surface area (Å²) in [4.78, 5) is 20.3. The van der Waals surface area contributed by atoms with Gasteiger partial charge in [0.1, 0.15) is 5.75 Å². The first-order valence-electron chi connectivity index (χ1n) is 13.2. The first-order valence-corrected chi connectivity index (χ1v) is 13.6. The van der Waals surface area contributed by atoms with Crippen molar-refractivity contribution in [3.05, 3.63) is 64.7 Å². The third kappa shape index (κ3) is 8.32. The highest BCUT2D eigenvalue weighted by Crippen LogP contribution is 2.19. The highest BCUT2D eigenvalue weighted by molar-refractivity contribution is 6.30. The fourth-order valence-electron chi connectivity index (χ4n) is 5.08. The van der Waals surface area contributed by atoms with Gasteiger partial charge in [-0.05, 0) is 113 Å². The van der Waals surface area contributed by atoms with E-state index in [1.165, 1.54) is 78.0 Å². The number of piperidine rings is 1. The summed E-state index contributed by atoms with van der Waals surface area (Å²) in [6, 6.07) is 14.4. The lowest BCUT2D eigenvalue weighted by atomic mass is 9.96. The third-order valence-electron chi connectivity index (χ3n) is 7.43. The van der Waals surface area contributed by atoms with E-state index < -0.39 is 0 Å². The first kappa shape index (κ1) is 26.2. The minimum atomic E-state index is -0.00382. The van der Waals surface area contributed by atoms with E-state index in [-0.39, 0.29) is 5.78 Å². The number of nitrogens with zero attached hydrogens (tertiary/aromatic N) is 3. The van der Waals surface area contributed by atoms with Crippen LogP contribution < -0.4 is 4.74 Å². The molecule has 5 nitrogen and oxygen atoms in total. The van der Waals surface area contributed by atoms with Crippen molar-refractivity contribution in [3.8, 4) is 5.75 Å². The Morgan fingerprint density at radius 1 is 0.829 bits per heavy atom. The molecule has 2 aromatic carbocycles. The standard InChI is InChI=1S/C29H40ClN3O2/c1-31-16-13-24(14-17-31)23-33-20-18-32(19-21-33)15-3-2-4-22-35-28-11-7-26(8-12-28)29(34)25-5-9-27(30)10-6-25/h5-12,24H,2-4,13-23H2,1H3. The molecule has 2 aliphatic rings. The zero-order chi connectivity index (χ0) is 24.5. The maximum absolute atomic E-state index is 12.6. The second-order valence-electron chi connectivity index (χ2n) is 10.2. The third-order valence-corrected chi connectivity index (χ3v) is 7.68. The average Bonchev–Trinajstić information content (AvgIpc) is 2.89. The second kappa shape index (κ2) is 13.4. The van der Waals surface area contributed by atoms with Gasteiger partial charge >= 0.3 is 0 Å². The fraction of sp³-hybridized carbons (Fsp3) is 0.552. The lowest BCUT2D eigenvalue weighted by Gasteiger charge is -2.38. The van der Waals surface area contributed by atoms with Crippen LogP contribution in [0.5, 0.6) is 5.75 Å². The molecule has 6 heteroatoms. The van der Waals surface area contributed by atoms with Crippen LogP contribution in [0.15, 0.2) is 48.5 Å². The number of likely N-dealkylation sites (tertiary alicyclic amines) is 1. The Kier molecular flexibility index (Phi) is 10.0. The molecule has 2 aliphatic heterocycles. The number of ketones is 1. The van der Waals surface area contributed by atoms with Crippen molar-refractivity contribution in [2.45, 2.75) is 32.1 Å². The molecule has 190 valence electrons. The van der Waals surface area contributed by atoms with E-state index in [0.717, 1.165) is 24.7 Å². The summed E-state index contributed by atoms with van der Waals surface area (Å²) in [6.07, 6.45) is 6.20. The first-order chi connectivity index (χ1) is 17.1. The number of unbranched alkanes of at least 4 members (excludes halogenated alkanes) is 2. The number of hydrogen-bond acceptors (Lipinski definition) is 5. The molecule has 0 bridgehead atoms. The van der Waals surface area contributed by atoms with Crippen molar-refractivity contribution in [2.24, 2.45) is 5.92 Å². The van der Waals surface area contributed by atoms with Gasteiger partial charge in [-0.3, -0.25) is 4.79 Å². The lowest BCUT2D eigenvalue weighted by Crippen LogP contribution is -2.48. The second-order valence-corrected chi connectivity index (χ2v) is 10.6. The minimum Gasteiger partial charge on any atom is -0.494 e. The van der Waals surface area contributed by atoms with Crippen LogP contribution in [0.2, 0.25) is 5.02 Å². The fourth-order valence-corrected chi connectivity index (χ4v) is 5.21. The number of halogens is 1. The van der Waals surface area contributed by atoms with Crippen LogP contribution in [0.25, 0.3) is 0 Å². The maximum atomic E-state index is 12.6. The predicted octanol–water partition coefficient (Wildman–Crippen LogP) is 5.08. The van der Waals surface area contributed by atoms with E-state index in [1.807, 2.05) is 24.3 Å². The molecular weight excluding hydrogens is 458 g/mol. The van der Waals surface area contributed by atoms with Crippen molar-refractivity contribution < 1.29 is 9.53 Å². The summed E-state index contributed by atoms with van der Waals surface area (Å²) in [7, 11) is 2.24. The van der Waals surface area contributed by atoms with Crippen molar-refractivity contribution in [2.75, 3.05) is 66.0 Å². The molecule has 0 radical (unpaired) electrons. The smallest absolute Gasteiger partial charge is 0.193 e. The summed E-state index contributed by atoms with van der Waals surface area (Å²) in [6.45, 7) is 10.6. The Bertz CT molecular complexity index is 903. The van der Waals surface area contributed by atoms with E-state index in [2.05, 4.69) is 21.7 Å². The number of rotatable bonds is 11. The number of carbonyl (C=O) groups is 1. The van der Waals surface area contributed by atoms with Crippen LogP contribution in [0, 0.1) is 5.92 Å². The summed E-state index contributed by atoms with van der Waals surface area (Å²) >= 11 is 5.91. The molecule has 2 saturated heterocycles. The zero-order valence-electron chi connectivity index (χ0n) is 21.1. The van der Waals surface area contributed by atoms with Crippen LogP contribution in [0.1, 0.15) is 48.0 Å². The normalized spacial score (nSPS) is 18.6. The van der Waals surface area contributed by atoms with Crippen LogP contribution in [-0.2, 0) is 0 Å². The van der Waals surface area contributed by atoms with Gasteiger partial charge in [0.25, 0.3) is 0 Å². The van der Waals surface area contributed by atoms with Crippen molar-refractivity contribution >= 4 is 17.4 Å². The Morgan fingerprint density at radius 3 is 2.09 bits per heavy atom. The van der Waals surface area contributed by atoms with E-state index in [9.17, 15) is 4.79 Å². The highest BCUT2D eigenvalue weighted by Gasteiger charge is 2.22. The molecular formula is C29H40ClN3O2. The van der Waals surface area contributed by atoms with Gasteiger partial charge in [-0.1, -0.05) is 11.6 Å². The molecule has 0 saturated carbocycles. The van der Waals surface area contributed by atoms with Gasteiger partial charge in [-0.2, -0.15) is 0 Å². The van der Waals surface area contributed by atoms with Crippen LogP contribution >= 0.6 is 11.6 Å². The largest absolute Gasteiger partial charge is 0.494 e. The molecule has 0 spiro atoms. The number of carbonyl (C=O) groups excluding carboxylic acids is 1. The molecule has 0 amide bonds. The zero-order valence-corrected chi connectivity index (χ0v) is 21.9. The van der Waals surface area contributed by atoms with Gasteiger partial charge < -0.3 is 19.4 Å². The van der Waals surface area contributed by atoms with Gasteiger partial charge in [0, 0.05) is 48.9 Å². The summed E-state index contributed by atoms with van der Waals surface area (Å²) < 4.78 is 5.90. The molecule has 35 heavy (non-hydrogen) atoms. The Morgan fingerprint density at radius 2 is 1.43 bits per heavy atom. The molecule has 0 aromatic heterocycles. The number of benzene rings is 2. The predicted molar refractivity (Wildman–Crippen MR) is 144 cm³/mol. The van der Waals surface area contributed by atoms with Crippen LogP contribution in [0.3, 0.4) is 0 Å². The number of piperazine rings is 1. The van der Waals surface area contributed by atoms with Crippen molar-refractivity contribution in [1.82, 2.24) is 14.7 Å². The van der Waals surface area contributed by atoms with E-state index >= 15 is 0 Å². The molecule has 0 atom stereocenters. The molecule has 0 N–H and O–H groups in total. The minimum absolute atomic E-state index is 0.00382. The van der Waals surface area contributed by atoms with Gasteiger partial charge in [-0.15, -0.1) is 0 Å². The molecule has 2 aromatic rings. The Balaban J connectivity index is 1.05. The maximum Gasteiger partial charge on any atom is 0.193 e. The number of ether oxygens (including phenoxy) is 1. The van der Waals surface area contributed by atoms with Crippen molar-refractivity contribution in [1.29, 1.82) is 0 Å². The monoisotopic (exact) mass is 497 g/mol. The molecule has 0 aliphatic carbocycles. The summed E-state index contributed by atoms with van der Waals surface area (Å²) in [5, 5.41) is 0.631. The quantitative estimate of drug-likeness (QED) is 0.319. The molecule has 2 fully saturated rings. The van der Waals surface area contributed by atoms with Crippen molar-refractivity contribution in [3.63, 3.8) is 0 Å². The summed E-state index contributed by atoms with van der Waals surface area (Å²) in [5.41, 5.74) is 1.30. The SMILES string of the molecule is CN1CCC(CN2CCN(CCCCCOc3ccc(C(=O)c4ccc(Cl)cc4)cc3)CC2)CC1. The average molecular weight is 498 g/mol. The van der Waals surface area contributed by atoms with Gasteiger partial charge in [0.15, 0.2) is 5.78 Å².